The van der Waals surface area contributed by atoms with Crippen LogP contribution in [0, 0.1) is 0 Å². The maximum absolute atomic E-state index is 13.2. The summed E-state index contributed by atoms with van der Waals surface area (Å²) in [4.78, 5) is 49.7. The topological polar surface area (TPSA) is 90.1 Å². The van der Waals surface area contributed by atoms with Crippen LogP contribution in [-0.2, 0) is 30.7 Å². The minimum absolute atomic E-state index is 0.0434. The smallest absolute Gasteiger partial charge is 0.308 e. The number of hydrogen-bond donors (Lipinski definition) is 0. The van der Waals surface area contributed by atoms with Gasteiger partial charge < -0.3 is 4.90 Å². The summed E-state index contributed by atoms with van der Waals surface area (Å²) in [6, 6.07) is 7.99. The van der Waals surface area contributed by atoms with Crippen LogP contribution >= 0.6 is 11.8 Å². The molecule has 3 heterocycles. The molecular formula is C23H27N5O3S. The summed E-state index contributed by atoms with van der Waals surface area (Å²) >= 11 is 1.22. The van der Waals surface area contributed by atoms with Gasteiger partial charge in [-0.15, -0.1) is 0 Å². The Labute approximate surface area is 190 Å². The van der Waals surface area contributed by atoms with Crippen LogP contribution in [0.25, 0.3) is 11.0 Å². The highest BCUT2D eigenvalue weighted by Gasteiger charge is 2.31. The Morgan fingerprint density at radius 3 is 2.50 bits per heavy atom. The van der Waals surface area contributed by atoms with Crippen molar-refractivity contribution in [2.45, 2.75) is 50.6 Å². The summed E-state index contributed by atoms with van der Waals surface area (Å²) in [5.41, 5.74) is 1.07. The third kappa shape index (κ3) is 3.64. The van der Waals surface area contributed by atoms with Crippen LogP contribution in [0.2, 0.25) is 0 Å². The van der Waals surface area contributed by atoms with Gasteiger partial charge in [-0.3, -0.25) is 18.7 Å². The number of hydrogen-bond acceptors (Lipinski definition) is 6. The van der Waals surface area contributed by atoms with Gasteiger partial charge in [0.05, 0.1) is 5.75 Å². The summed E-state index contributed by atoms with van der Waals surface area (Å²) in [5.74, 6) is 0.599. The van der Waals surface area contributed by atoms with Crippen molar-refractivity contribution in [3.8, 4) is 0 Å². The van der Waals surface area contributed by atoms with E-state index in [0.717, 1.165) is 22.2 Å². The fraction of sp³-hybridized carbons (Fsp3) is 0.435. The van der Waals surface area contributed by atoms with Crippen LogP contribution in [-0.4, -0.2) is 36.8 Å². The number of aromatic nitrogens is 4. The first-order valence-electron chi connectivity index (χ1n) is 10.5. The van der Waals surface area contributed by atoms with Crippen molar-refractivity contribution in [2.24, 2.45) is 14.1 Å². The summed E-state index contributed by atoms with van der Waals surface area (Å²) < 4.78 is 2.41. The highest BCUT2D eigenvalue weighted by atomic mass is 32.2. The number of carbonyl (C=O) groups excluding carboxylic acids is 1. The molecule has 0 radical (unpaired) electrons. The summed E-state index contributed by atoms with van der Waals surface area (Å²) in [6.45, 7) is 7.94. The van der Waals surface area contributed by atoms with Gasteiger partial charge in [0, 0.05) is 31.2 Å². The van der Waals surface area contributed by atoms with Crippen molar-refractivity contribution >= 4 is 34.4 Å². The van der Waals surface area contributed by atoms with E-state index >= 15 is 0 Å². The molecular weight excluding hydrogens is 426 g/mol. The quantitative estimate of drug-likeness (QED) is 0.447. The summed E-state index contributed by atoms with van der Waals surface area (Å²) in [7, 11) is 3.02. The van der Waals surface area contributed by atoms with Crippen molar-refractivity contribution in [1.29, 1.82) is 0 Å². The Bertz CT molecular complexity index is 1350. The third-order valence-electron chi connectivity index (χ3n) is 5.75. The van der Waals surface area contributed by atoms with Gasteiger partial charge in [0.15, 0.2) is 5.65 Å². The predicted molar refractivity (Wildman–Crippen MR) is 127 cm³/mol. The Balaban J connectivity index is 1.77. The van der Waals surface area contributed by atoms with Gasteiger partial charge in [-0.2, -0.15) is 0 Å². The number of fused-ring (bicyclic) bond motifs is 2. The van der Waals surface area contributed by atoms with Crippen molar-refractivity contribution in [2.75, 3.05) is 10.7 Å². The molecule has 8 nitrogen and oxygen atoms in total. The average molecular weight is 454 g/mol. The second-order valence-corrected chi connectivity index (χ2v) is 10.2. The highest BCUT2D eigenvalue weighted by Crippen LogP contribution is 2.33. The van der Waals surface area contributed by atoms with E-state index in [2.05, 4.69) is 9.97 Å². The lowest BCUT2D eigenvalue weighted by atomic mass is 9.96. The fourth-order valence-corrected chi connectivity index (χ4v) is 4.89. The number of anilines is 1. The van der Waals surface area contributed by atoms with Crippen LogP contribution in [0.1, 0.15) is 39.1 Å². The van der Waals surface area contributed by atoms with Crippen LogP contribution in [0.5, 0.6) is 0 Å². The van der Waals surface area contributed by atoms with Gasteiger partial charge in [-0.25, -0.2) is 14.8 Å². The van der Waals surface area contributed by atoms with Crippen LogP contribution in [0.15, 0.2) is 38.9 Å². The maximum atomic E-state index is 13.2. The molecule has 3 aromatic rings. The number of benzene rings is 1. The first-order chi connectivity index (χ1) is 15.0. The number of para-hydroxylation sites is 1. The summed E-state index contributed by atoms with van der Waals surface area (Å²) in [5, 5.41) is 0.680. The molecule has 2 aromatic heterocycles. The molecule has 1 aromatic carbocycles. The SMILES string of the molecule is CC1Cc2ccccc2N1C(=O)CSc1nc(C(C)(C)C)nc2c1c(=O)n(C)c(=O)n2C. The summed E-state index contributed by atoms with van der Waals surface area (Å²) in [6.07, 6.45) is 0.819. The molecule has 1 amide bonds. The number of amides is 1. The van der Waals surface area contributed by atoms with Crippen molar-refractivity contribution in [1.82, 2.24) is 19.1 Å². The minimum Gasteiger partial charge on any atom is -0.308 e. The Kier molecular flexibility index (Phi) is 5.48. The van der Waals surface area contributed by atoms with Gasteiger partial charge in [0.1, 0.15) is 16.2 Å². The largest absolute Gasteiger partial charge is 0.332 e. The molecule has 0 fully saturated rings. The van der Waals surface area contributed by atoms with Crippen molar-refractivity contribution in [3.05, 3.63) is 56.5 Å². The Hall–Kier alpha value is -2.94. The van der Waals surface area contributed by atoms with E-state index in [9.17, 15) is 14.4 Å². The lowest BCUT2D eigenvalue weighted by Gasteiger charge is -2.23. The number of thioether (sulfide) groups is 1. The zero-order chi connectivity index (χ0) is 23.4. The number of rotatable bonds is 3. The van der Waals surface area contributed by atoms with Crippen molar-refractivity contribution in [3.63, 3.8) is 0 Å². The second kappa shape index (κ2) is 7.88. The van der Waals surface area contributed by atoms with Gasteiger partial charge >= 0.3 is 5.69 Å². The van der Waals surface area contributed by atoms with E-state index in [0.29, 0.717) is 10.9 Å². The van der Waals surface area contributed by atoms with E-state index in [4.69, 9.17) is 0 Å². The highest BCUT2D eigenvalue weighted by molar-refractivity contribution is 8.00. The monoisotopic (exact) mass is 453 g/mol. The van der Waals surface area contributed by atoms with E-state index in [1.807, 2.05) is 56.9 Å². The van der Waals surface area contributed by atoms with Gasteiger partial charge in [-0.1, -0.05) is 50.7 Å². The molecule has 1 aliphatic rings. The molecule has 1 aliphatic heterocycles. The van der Waals surface area contributed by atoms with Crippen LogP contribution < -0.4 is 16.1 Å². The lowest BCUT2D eigenvalue weighted by Crippen LogP contribution is -2.38. The minimum atomic E-state index is -0.460. The Morgan fingerprint density at radius 2 is 1.81 bits per heavy atom. The van der Waals surface area contributed by atoms with E-state index < -0.39 is 16.7 Å². The van der Waals surface area contributed by atoms with Gasteiger partial charge in [-0.05, 0) is 25.0 Å². The number of aryl methyl sites for hydroxylation is 1. The maximum Gasteiger partial charge on any atom is 0.332 e. The average Bonchev–Trinajstić information content (AvgIpc) is 3.08. The normalized spacial score (nSPS) is 15.9. The first kappa shape index (κ1) is 22.3. The first-order valence-corrected chi connectivity index (χ1v) is 11.5. The molecule has 4 rings (SSSR count). The zero-order valence-electron chi connectivity index (χ0n) is 19.2. The molecule has 9 heteroatoms. The molecule has 0 saturated carbocycles. The number of carbonyl (C=O) groups is 1. The molecule has 0 N–H and O–H groups in total. The zero-order valence-corrected chi connectivity index (χ0v) is 20.0. The third-order valence-corrected chi connectivity index (χ3v) is 6.71. The van der Waals surface area contributed by atoms with E-state index in [1.54, 1.807) is 7.05 Å². The van der Waals surface area contributed by atoms with E-state index in [-0.39, 0.29) is 28.7 Å². The van der Waals surface area contributed by atoms with E-state index in [1.165, 1.54) is 23.4 Å². The van der Waals surface area contributed by atoms with Gasteiger partial charge in [0.25, 0.3) is 5.56 Å². The molecule has 0 aliphatic carbocycles. The molecule has 32 heavy (non-hydrogen) atoms. The molecule has 0 spiro atoms. The Morgan fingerprint density at radius 1 is 1.12 bits per heavy atom. The van der Waals surface area contributed by atoms with Crippen LogP contribution in [0.4, 0.5) is 5.69 Å². The predicted octanol–water partition coefficient (Wildman–Crippen LogP) is 2.39. The lowest BCUT2D eigenvalue weighted by molar-refractivity contribution is -0.116. The van der Waals surface area contributed by atoms with Crippen LogP contribution in [0.3, 0.4) is 0 Å². The fourth-order valence-electron chi connectivity index (χ4n) is 4.01. The molecule has 1 atom stereocenters. The molecule has 0 saturated heterocycles. The molecule has 168 valence electrons. The standard InChI is InChI=1S/C23H27N5O3S/c1-13-11-14-9-7-8-10-15(14)28(13)16(29)12-32-19-17-18(24-21(25-19)23(2,3)4)26(5)22(31)27(6)20(17)30/h7-10,13H,11-12H2,1-6H3. The second-order valence-electron chi connectivity index (χ2n) is 9.24. The molecule has 1 unspecified atom stereocenters. The number of nitrogens with zero attached hydrogens (tertiary/aromatic N) is 5. The molecule has 0 bridgehead atoms. The van der Waals surface area contributed by atoms with Gasteiger partial charge in [0.2, 0.25) is 5.91 Å². The van der Waals surface area contributed by atoms with Crippen molar-refractivity contribution < 1.29 is 4.79 Å².